The highest BCUT2D eigenvalue weighted by Gasteiger charge is 2.39. The van der Waals surface area contributed by atoms with Crippen molar-refractivity contribution in [2.75, 3.05) is 6.61 Å². The molecule has 2 aliphatic rings. The number of imide groups is 1. The molecule has 0 aliphatic carbocycles. The lowest BCUT2D eigenvalue weighted by Crippen LogP contribution is -2.33. The normalized spacial score (nSPS) is 19.7. The Kier molecular flexibility index (Phi) is 3.39. The van der Waals surface area contributed by atoms with Crippen molar-refractivity contribution >= 4 is 17.8 Å². The smallest absolute Gasteiger partial charge is 0.367 e. The summed E-state index contributed by atoms with van der Waals surface area (Å²) in [6, 6.07) is 6.31. The number of rotatable bonds is 3. The lowest BCUT2D eigenvalue weighted by Gasteiger charge is -2.14. The Labute approximate surface area is 136 Å². The highest BCUT2D eigenvalue weighted by Crippen LogP contribution is 2.30. The molecule has 8 heteroatoms. The van der Waals surface area contributed by atoms with Gasteiger partial charge in [0.05, 0.1) is 29.1 Å². The Morgan fingerprint density at radius 1 is 1.25 bits per heavy atom. The van der Waals surface area contributed by atoms with Crippen LogP contribution in [-0.4, -0.2) is 39.7 Å². The zero-order valence-electron chi connectivity index (χ0n) is 12.5. The zero-order valence-corrected chi connectivity index (χ0v) is 12.5. The largest absolute Gasteiger partial charge is 0.372 e. The van der Waals surface area contributed by atoms with E-state index in [2.05, 4.69) is 10.2 Å². The van der Waals surface area contributed by atoms with Crippen LogP contribution in [-0.2, 0) is 9.57 Å². The van der Waals surface area contributed by atoms with Crippen LogP contribution in [0.3, 0.4) is 0 Å². The van der Waals surface area contributed by atoms with Crippen LogP contribution >= 0.6 is 0 Å². The first-order valence-corrected chi connectivity index (χ1v) is 7.52. The molecule has 1 N–H and O–H groups in total. The van der Waals surface area contributed by atoms with E-state index in [0.717, 1.165) is 12.8 Å². The first kappa shape index (κ1) is 14.6. The van der Waals surface area contributed by atoms with Gasteiger partial charge >= 0.3 is 5.97 Å². The van der Waals surface area contributed by atoms with Crippen molar-refractivity contribution in [2.45, 2.75) is 18.9 Å². The lowest BCUT2D eigenvalue weighted by atomic mass is 10.1. The third-order valence-corrected chi connectivity index (χ3v) is 4.07. The van der Waals surface area contributed by atoms with E-state index in [1.165, 1.54) is 18.3 Å². The second-order valence-corrected chi connectivity index (χ2v) is 5.53. The third-order valence-electron chi connectivity index (χ3n) is 4.07. The molecule has 0 spiro atoms. The number of nitrogens with one attached hydrogen (secondary N) is 1. The zero-order chi connectivity index (χ0) is 16.7. The van der Waals surface area contributed by atoms with Gasteiger partial charge < -0.3 is 9.57 Å². The number of hydrogen-bond donors (Lipinski definition) is 1. The van der Waals surface area contributed by atoms with Crippen molar-refractivity contribution in [1.29, 1.82) is 0 Å². The summed E-state index contributed by atoms with van der Waals surface area (Å²) < 4.78 is 5.52. The van der Waals surface area contributed by atoms with Crippen LogP contribution in [0.2, 0.25) is 0 Å². The number of carbonyl (C=O) groups excluding carboxylic acids is 3. The Morgan fingerprint density at radius 2 is 1.96 bits per heavy atom. The molecule has 122 valence electrons. The lowest BCUT2D eigenvalue weighted by molar-refractivity contribution is -0.0587. The van der Waals surface area contributed by atoms with Crippen molar-refractivity contribution in [3.8, 4) is 0 Å². The summed E-state index contributed by atoms with van der Waals surface area (Å²) in [5, 5.41) is 7.06. The first-order valence-electron chi connectivity index (χ1n) is 7.52. The fourth-order valence-electron chi connectivity index (χ4n) is 2.89. The quantitative estimate of drug-likeness (QED) is 0.860. The van der Waals surface area contributed by atoms with E-state index in [0.29, 0.717) is 17.4 Å². The number of benzene rings is 1. The second-order valence-electron chi connectivity index (χ2n) is 5.53. The predicted octanol–water partition coefficient (Wildman–Crippen LogP) is 1.63. The summed E-state index contributed by atoms with van der Waals surface area (Å²) in [6.07, 6.45) is 2.68. The van der Waals surface area contributed by atoms with E-state index in [9.17, 15) is 14.4 Å². The fraction of sp³-hybridized carbons (Fsp3) is 0.250. The number of H-pyrrole nitrogens is 1. The van der Waals surface area contributed by atoms with Gasteiger partial charge in [0.2, 0.25) is 0 Å². The van der Waals surface area contributed by atoms with E-state index in [4.69, 9.17) is 9.57 Å². The number of hydrogen-bond acceptors (Lipinski definition) is 6. The van der Waals surface area contributed by atoms with Crippen LogP contribution in [0.4, 0.5) is 0 Å². The summed E-state index contributed by atoms with van der Waals surface area (Å²) >= 11 is 0. The number of fused-ring (bicyclic) bond motifs is 1. The molecule has 4 rings (SSSR count). The number of aromatic nitrogens is 2. The molecule has 8 nitrogen and oxygen atoms in total. The van der Waals surface area contributed by atoms with Gasteiger partial charge in [-0.15, -0.1) is 0 Å². The van der Waals surface area contributed by atoms with Gasteiger partial charge in [0.25, 0.3) is 11.8 Å². The van der Waals surface area contributed by atoms with Gasteiger partial charge in [-0.2, -0.15) is 5.10 Å². The van der Waals surface area contributed by atoms with Gasteiger partial charge in [-0.25, -0.2) is 4.79 Å². The van der Waals surface area contributed by atoms with Crippen LogP contribution in [0.15, 0.2) is 30.5 Å². The molecule has 1 aromatic heterocycles. The third kappa shape index (κ3) is 2.19. The monoisotopic (exact) mass is 327 g/mol. The molecule has 2 amide bonds. The van der Waals surface area contributed by atoms with Crippen molar-refractivity contribution < 1.29 is 24.0 Å². The first-order chi connectivity index (χ1) is 11.7. The van der Waals surface area contributed by atoms with E-state index in [1.807, 2.05) is 0 Å². The van der Waals surface area contributed by atoms with Crippen molar-refractivity contribution in [3.63, 3.8) is 0 Å². The van der Waals surface area contributed by atoms with E-state index in [-0.39, 0.29) is 22.8 Å². The summed E-state index contributed by atoms with van der Waals surface area (Å²) in [5.74, 6) is -2.15. The molecule has 1 atom stereocenters. The molecule has 1 saturated heterocycles. The molecule has 0 saturated carbocycles. The molecule has 3 heterocycles. The van der Waals surface area contributed by atoms with Crippen molar-refractivity contribution in [2.24, 2.45) is 0 Å². The number of amides is 2. The molecular weight excluding hydrogens is 314 g/mol. The Hall–Kier alpha value is -3.00. The minimum atomic E-state index is -0.830. The Morgan fingerprint density at radius 3 is 2.58 bits per heavy atom. The summed E-state index contributed by atoms with van der Waals surface area (Å²) in [6.45, 7) is 0.608. The Balaban J connectivity index is 1.57. The van der Waals surface area contributed by atoms with E-state index in [1.54, 1.807) is 12.1 Å². The van der Waals surface area contributed by atoms with Crippen molar-refractivity contribution in [1.82, 2.24) is 15.3 Å². The molecule has 1 fully saturated rings. The average molecular weight is 327 g/mol. The van der Waals surface area contributed by atoms with Gasteiger partial charge in [0.15, 0.2) is 0 Å². The average Bonchev–Trinajstić information content (AvgIpc) is 3.31. The van der Waals surface area contributed by atoms with Crippen LogP contribution in [0.25, 0.3) is 0 Å². The maximum absolute atomic E-state index is 12.4. The summed E-state index contributed by atoms with van der Waals surface area (Å²) in [7, 11) is 0. The molecule has 1 aromatic carbocycles. The minimum absolute atomic E-state index is 0.151. The number of aromatic amines is 1. The molecule has 0 radical (unpaired) electrons. The molecule has 0 bridgehead atoms. The topological polar surface area (TPSA) is 102 Å². The van der Waals surface area contributed by atoms with Crippen LogP contribution in [0.5, 0.6) is 0 Å². The Bertz CT molecular complexity index is 803. The van der Waals surface area contributed by atoms with Crippen LogP contribution in [0.1, 0.15) is 55.7 Å². The number of carbonyl (C=O) groups is 3. The highest BCUT2D eigenvalue weighted by molar-refractivity contribution is 6.21. The van der Waals surface area contributed by atoms with Crippen molar-refractivity contribution in [3.05, 3.63) is 52.8 Å². The second kappa shape index (κ2) is 5.57. The fourth-order valence-corrected chi connectivity index (χ4v) is 2.89. The minimum Gasteiger partial charge on any atom is -0.372 e. The molecule has 24 heavy (non-hydrogen) atoms. The van der Waals surface area contributed by atoms with Gasteiger partial charge in [0, 0.05) is 6.61 Å². The number of hydroxylamine groups is 2. The van der Waals surface area contributed by atoms with E-state index < -0.39 is 17.8 Å². The molecule has 2 aromatic rings. The van der Waals surface area contributed by atoms with Gasteiger partial charge in [-0.1, -0.05) is 17.2 Å². The number of nitrogens with zero attached hydrogens (tertiary/aromatic N) is 2. The number of ether oxygens (including phenoxy) is 1. The van der Waals surface area contributed by atoms with Crippen LogP contribution in [0, 0.1) is 0 Å². The molecule has 1 unspecified atom stereocenters. The maximum Gasteiger partial charge on any atom is 0.367 e. The van der Waals surface area contributed by atoms with Gasteiger partial charge in [-0.3, -0.25) is 14.7 Å². The SMILES string of the molecule is O=C(ON1C(=O)c2ccccc2C1=O)c1cn[nH]c1C1CCCO1. The molecule has 2 aliphatic heterocycles. The summed E-state index contributed by atoms with van der Waals surface area (Å²) in [5.41, 5.74) is 1.07. The highest BCUT2D eigenvalue weighted by atomic mass is 16.7. The van der Waals surface area contributed by atoms with Crippen LogP contribution < -0.4 is 0 Å². The van der Waals surface area contributed by atoms with E-state index >= 15 is 0 Å². The van der Waals surface area contributed by atoms with Gasteiger partial charge in [0.1, 0.15) is 5.56 Å². The van der Waals surface area contributed by atoms with Gasteiger partial charge in [-0.05, 0) is 25.0 Å². The predicted molar refractivity (Wildman–Crippen MR) is 78.9 cm³/mol. The standard InChI is InChI=1S/C16H13N3O5/c20-14-9-4-1-2-5-10(9)15(21)19(14)24-16(22)11-8-17-18-13(11)12-6-3-7-23-12/h1-2,4-5,8,12H,3,6-7H2,(H,17,18). The molecular formula is C16H13N3O5. The maximum atomic E-state index is 12.4. The summed E-state index contributed by atoms with van der Waals surface area (Å²) in [4.78, 5) is 41.9.